The monoisotopic (exact) mass is 436 g/mol. The van der Waals surface area contributed by atoms with Gasteiger partial charge < -0.3 is 20.1 Å². The third-order valence-electron chi connectivity index (χ3n) is 8.47. The van der Waals surface area contributed by atoms with E-state index < -0.39 is 0 Å². The van der Waals surface area contributed by atoms with Crippen molar-refractivity contribution in [3.63, 3.8) is 0 Å². The van der Waals surface area contributed by atoms with Crippen molar-refractivity contribution in [1.82, 2.24) is 10.6 Å². The molecular formula is C25H44N2O4. The van der Waals surface area contributed by atoms with Crippen molar-refractivity contribution in [2.24, 2.45) is 17.3 Å². The van der Waals surface area contributed by atoms with Gasteiger partial charge in [0.15, 0.2) is 0 Å². The van der Waals surface area contributed by atoms with Crippen LogP contribution in [-0.4, -0.2) is 43.4 Å². The number of alkyl carbamates (subject to hydrolysis) is 1. The zero-order valence-corrected chi connectivity index (χ0v) is 20.1. The second-order valence-corrected chi connectivity index (χ2v) is 10.8. The third kappa shape index (κ3) is 6.84. The molecule has 0 aliphatic heterocycles. The van der Waals surface area contributed by atoms with Crippen LogP contribution in [0.15, 0.2) is 0 Å². The number of ether oxygens (including phenoxy) is 2. The average Bonchev–Trinajstić information content (AvgIpc) is 2.74. The number of hydrogen-bond donors (Lipinski definition) is 2. The molecule has 0 aromatic rings. The molecule has 31 heavy (non-hydrogen) atoms. The van der Waals surface area contributed by atoms with Gasteiger partial charge in [0, 0.05) is 32.5 Å². The van der Waals surface area contributed by atoms with E-state index >= 15 is 0 Å². The summed E-state index contributed by atoms with van der Waals surface area (Å²) >= 11 is 0. The highest BCUT2D eigenvalue weighted by molar-refractivity contribution is 5.73. The molecule has 6 heteroatoms. The molecule has 0 aromatic carbocycles. The maximum absolute atomic E-state index is 12.4. The molecular weight excluding hydrogens is 392 g/mol. The van der Waals surface area contributed by atoms with E-state index in [9.17, 15) is 9.59 Å². The molecule has 0 bridgehead atoms. The number of hydrogen-bond acceptors (Lipinski definition) is 4. The third-order valence-corrected chi connectivity index (χ3v) is 8.47. The van der Waals surface area contributed by atoms with E-state index in [0.29, 0.717) is 17.4 Å². The van der Waals surface area contributed by atoms with Gasteiger partial charge in [0.25, 0.3) is 0 Å². The Morgan fingerprint density at radius 3 is 1.81 bits per heavy atom. The zero-order chi connectivity index (χ0) is 22.4. The van der Waals surface area contributed by atoms with E-state index in [4.69, 9.17) is 9.47 Å². The number of nitrogens with one attached hydrogen (secondary N) is 2. The Labute approximate surface area is 188 Å². The van der Waals surface area contributed by atoms with Gasteiger partial charge in [-0.25, -0.2) is 4.79 Å². The van der Waals surface area contributed by atoms with E-state index in [1.54, 1.807) is 14.0 Å². The van der Waals surface area contributed by atoms with Gasteiger partial charge in [-0.1, -0.05) is 13.8 Å². The lowest BCUT2D eigenvalue weighted by Crippen LogP contribution is -2.44. The Morgan fingerprint density at radius 2 is 1.29 bits per heavy atom. The second kappa shape index (κ2) is 11.0. The van der Waals surface area contributed by atoms with Crippen LogP contribution in [0, 0.1) is 17.3 Å². The Bertz CT molecular complexity index is 592. The molecule has 6 nitrogen and oxygen atoms in total. The summed E-state index contributed by atoms with van der Waals surface area (Å²) in [7, 11) is 1.74. The summed E-state index contributed by atoms with van der Waals surface area (Å²) in [6, 6.07) is 0.593. The number of rotatable bonds is 6. The van der Waals surface area contributed by atoms with E-state index in [1.807, 2.05) is 0 Å². The summed E-state index contributed by atoms with van der Waals surface area (Å²) in [6.07, 6.45) is 12.8. The molecule has 0 spiro atoms. The normalized spacial score (nSPS) is 34.6. The van der Waals surface area contributed by atoms with Crippen molar-refractivity contribution in [3.8, 4) is 0 Å². The smallest absolute Gasteiger partial charge is 0.407 e. The highest BCUT2D eigenvalue weighted by atomic mass is 16.6. The maximum Gasteiger partial charge on any atom is 0.407 e. The maximum atomic E-state index is 12.4. The molecule has 3 rings (SSSR count). The first-order valence-electron chi connectivity index (χ1n) is 12.5. The minimum absolute atomic E-state index is 0.0124. The fourth-order valence-corrected chi connectivity index (χ4v) is 6.36. The molecule has 3 fully saturated rings. The summed E-state index contributed by atoms with van der Waals surface area (Å²) in [6.45, 7) is 6.50. The standard InChI is InChI=1S/C25H44N2O4/c1-17(28)26-20-12-8-18(9-13-20)25(2,3)19-10-14-21(15-11-19)27-24(29)31-23-7-5-6-22(16-23)30-4/h18-23H,5-16H2,1-4H3,(H,26,28)(H,27,29). The molecule has 3 aliphatic carbocycles. The zero-order valence-electron chi connectivity index (χ0n) is 20.1. The van der Waals surface area contributed by atoms with Crippen molar-refractivity contribution in [3.05, 3.63) is 0 Å². The van der Waals surface area contributed by atoms with Crippen LogP contribution in [0.3, 0.4) is 0 Å². The molecule has 3 aliphatic rings. The minimum atomic E-state index is -0.249. The molecule has 0 heterocycles. The van der Waals surface area contributed by atoms with Crippen LogP contribution >= 0.6 is 0 Å². The largest absolute Gasteiger partial charge is 0.446 e. The topological polar surface area (TPSA) is 76.7 Å². The van der Waals surface area contributed by atoms with Gasteiger partial charge >= 0.3 is 6.09 Å². The summed E-state index contributed by atoms with van der Waals surface area (Å²) < 4.78 is 11.1. The summed E-state index contributed by atoms with van der Waals surface area (Å²) in [5.41, 5.74) is 0.309. The Hall–Kier alpha value is -1.30. The molecule has 0 aromatic heterocycles. The Balaban J connectivity index is 1.39. The summed E-state index contributed by atoms with van der Waals surface area (Å²) in [5.74, 6) is 1.51. The lowest BCUT2D eigenvalue weighted by molar-refractivity contribution is -0.120. The fraction of sp³-hybridized carbons (Fsp3) is 0.920. The van der Waals surface area contributed by atoms with E-state index in [1.165, 1.54) is 25.7 Å². The molecule has 2 atom stereocenters. The molecule has 2 amide bonds. The van der Waals surface area contributed by atoms with Crippen molar-refractivity contribution < 1.29 is 19.1 Å². The number of methoxy groups -OCH3 is 1. The van der Waals surface area contributed by atoms with E-state index in [-0.39, 0.29) is 30.3 Å². The van der Waals surface area contributed by atoms with Crippen LogP contribution in [-0.2, 0) is 14.3 Å². The van der Waals surface area contributed by atoms with Crippen LogP contribution in [0.5, 0.6) is 0 Å². The second-order valence-electron chi connectivity index (χ2n) is 10.8. The first kappa shape index (κ1) is 24.3. The van der Waals surface area contributed by atoms with Gasteiger partial charge in [-0.15, -0.1) is 0 Å². The molecule has 3 saturated carbocycles. The first-order valence-corrected chi connectivity index (χ1v) is 12.5. The highest BCUT2D eigenvalue weighted by Gasteiger charge is 2.40. The fourth-order valence-electron chi connectivity index (χ4n) is 6.36. The van der Waals surface area contributed by atoms with Crippen molar-refractivity contribution in [1.29, 1.82) is 0 Å². The van der Waals surface area contributed by atoms with Crippen LogP contribution in [0.4, 0.5) is 4.79 Å². The SMILES string of the molecule is COC1CCCC(OC(=O)NC2CCC(C(C)(C)C3CCC(NC(C)=O)CC3)CC2)C1. The van der Waals surface area contributed by atoms with Crippen LogP contribution in [0.1, 0.15) is 97.8 Å². The van der Waals surface area contributed by atoms with Crippen molar-refractivity contribution >= 4 is 12.0 Å². The van der Waals surface area contributed by atoms with E-state index in [0.717, 1.165) is 57.3 Å². The van der Waals surface area contributed by atoms with Crippen LogP contribution in [0.25, 0.3) is 0 Å². The quantitative estimate of drug-likeness (QED) is 0.618. The van der Waals surface area contributed by atoms with Crippen molar-refractivity contribution in [2.45, 2.75) is 122 Å². The number of carbonyl (C=O) groups excluding carboxylic acids is 2. The molecule has 2 unspecified atom stereocenters. The van der Waals surface area contributed by atoms with Gasteiger partial charge in [0.05, 0.1) is 6.10 Å². The Kier molecular flexibility index (Phi) is 8.65. The average molecular weight is 437 g/mol. The first-order chi connectivity index (χ1) is 14.8. The van der Waals surface area contributed by atoms with Gasteiger partial charge in [0.1, 0.15) is 6.10 Å². The number of amides is 2. The number of carbonyl (C=O) groups is 2. The lowest BCUT2D eigenvalue weighted by atomic mass is 9.60. The predicted molar refractivity (Wildman–Crippen MR) is 122 cm³/mol. The molecule has 0 radical (unpaired) electrons. The van der Waals surface area contributed by atoms with Gasteiger partial charge in [-0.3, -0.25) is 4.79 Å². The molecule has 2 N–H and O–H groups in total. The highest BCUT2D eigenvalue weighted by Crippen LogP contribution is 2.48. The van der Waals surface area contributed by atoms with Crippen LogP contribution in [0.2, 0.25) is 0 Å². The van der Waals surface area contributed by atoms with Crippen molar-refractivity contribution in [2.75, 3.05) is 7.11 Å². The Morgan fingerprint density at radius 1 is 0.774 bits per heavy atom. The van der Waals surface area contributed by atoms with E-state index in [2.05, 4.69) is 24.5 Å². The lowest BCUT2D eigenvalue weighted by Gasteiger charge is -2.46. The predicted octanol–water partition coefficient (Wildman–Crippen LogP) is 4.95. The van der Waals surface area contributed by atoms with Gasteiger partial charge in [-0.2, -0.15) is 0 Å². The van der Waals surface area contributed by atoms with Crippen LogP contribution < -0.4 is 10.6 Å². The summed E-state index contributed by atoms with van der Waals surface area (Å²) in [4.78, 5) is 23.7. The summed E-state index contributed by atoms with van der Waals surface area (Å²) in [5, 5.41) is 6.23. The minimum Gasteiger partial charge on any atom is -0.446 e. The van der Waals surface area contributed by atoms with Gasteiger partial charge in [0.2, 0.25) is 5.91 Å². The van der Waals surface area contributed by atoms with Gasteiger partial charge in [-0.05, 0) is 87.9 Å². The molecule has 178 valence electrons. The molecule has 0 saturated heterocycles.